The SMILES string of the molecule is O=c1[nH]c2ccccc2c(=O)n1Cc1ccccc1CN1CCN(c2ccccc2)CC1. The van der Waals surface area contributed by atoms with Crippen LogP contribution in [0.5, 0.6) is 0 Å². The molecule has 5 rings (SSSR count). The largest absolute Gasteiger partial charge is 0.369 e. The van der Waals surface area contributed by atoms with Crippen LogP contribution >= 0.6 is 0 Å². The number of para-hydroxylation sites is 2. The number of hydrogen-bond acceptors (Lipinski definition) is 4. The molecule has 1 aliphatic heterocycles. The fourth-order valence-electron chi connectivity index (χ4n) is 4.42. The number of piperazine rings is 1. The average Bonchev–Trinajstić information content (AvgIpc) is 2.84. The van der Waals surface area contributed by atoms with Crippen LogP contribution in [0.15, 0.2) is 88.5 Å². The minimum atomic E-state index is -0.375. The first-order valence-electron chi connectivity index (χ1n) is 11.0. The van der Waals surface area contributed by atoms with Crippen LogP contribution in [0.4, 0.5) is 5.69 Å². The summed E-state index contributed by atoms with van der Waals surface area (Å²) in [7, 11) is 0. The van der Waals surface area contributed by atoms with Crippen LogP contribution in [0.2, 0.25) is 0 Å². The molecule has 32 heavy (non-hydrogen) atoms. The van der Waals surface area contributed by atoms with Crippen molar-refractivity contribution < 1.29 is 0 Å². The van der Waals surface area contributed by atoms with Crippen molar-refractivity contribution in [3.63, 3.8) is 0 Å². The lowest BCUT2D eigenvalue weighted by Crippen LogP contribution is -2.46. The summed E-state index contributed by atoms with van der Waals surface area (Å²) < 4.78 is 1.30. The Hall–Kier alpha value is -3.64. The highest BCUT2D eigenvalue weighted by molar-refractivity contribution is 5.76. The van der Waals surface area contributed by atoms with E-state index >= 15 is 0 Å². The Labute approximate surface area is 186 Å². The third-order valence-corrected chi connectivity index (χ3v) is 6.22. The standard InChI is InChI=1S/C26H26N4O2/c31-25-23-12-6-7-13-24(23)27-26(32)30(25)19-21-9-5-4-8-20(21)18-28-14-16-29(17-15-28)22-10-2-1-3-11-22/h1-13H,14-19H2,(H,27,32). The Morgan fingerprint density at radius 1 is 0.688 bits per heavy atom. The maximum Gasteiger partial charge on any atom is 0.329 e. The molecule has 0 bridgehead atoms. The maximum absolute atomic E-state index is 13.0. The average molecular weight is 427 g/mol. The van der Waals surface area contributed by atoms with Gasteiger partial charge in [0.05, 0.1) is 17.4 Å². The molecule has 1 N–H and O–H groups in total. The first kappa shape index (κ1) is 20.3. The van der Waals surface area contributed by atoms with Gasteiger partial charge in [0.1, 0.15) is 0 Å². The Morgan fingerprint density at radius 3 is 2.06 bits per heavy atom. The van der Waals surface area contributed by atoms with Crippen LogP contribution in [0.1, 0.15) is 11.1 Å². The first-order chi connectivity index (χ1) is 15.7. The van der Waals surface area contributed by atoms with Crippen molar-refractivity contribution in [3.8, 4) is 0 Å². The number of nitrogens with one attached hydrogen (secondary N) is 1. The van der Waals surface area contributed by atoms with E-state index in [1.54, 1.807) is 12.1 Å². The van der Waals surface area contributed by atoms with E-state index in [1.807, 2.05) is 36.4 Å². The Balaban J connectivity index is 1.34. The fraction of sp³-hybridized carbons (Fsp3) is 0.231. The summed E-state index contributed by atoms with van der Waals surface area (Å²) in [6, 6.07) is 25.7. The number of hydrogen-bond donors (Lipinski definition) is 1. The van der Waals surface area contributed by atoms with Crippen LogP contribution in [0.3, 0.4) is 0 Å². The summed E-state index contributed by atoms with van der Waals surface area (Å²) in [5, 5.41) is 0.529. The summed E-state index contributed by atoms with van der Waals surface area (Å²) in [4.78, 5) is 33.3. The third-order valence-electron chi connectivity index (χ3n) is 6.22. The van der Waals surface area contributed by atoms with E-state index in [1.165, 1.54) is 10.3 Å². The third kappa shape index (κ3) is 4.09. The van der Waals surface area contributed by atoms with Crippen LogP contribution in [0, 0.1) is 0 Å². The van der Waals surface area contributed by atoms with Gasteiger partial charge in [-0.25, -0.2) is 4.79 Å². The molecule has 1 fully saturated rings. The molecule has 1 aromatic heterocycles. The van der Waals surface area contributed by atoms with Gasteiger partial charge in [0.15, 0.2) is 0 Å². The van der Waals surface area contributed by atoms with E-state index in [4.69, 9.17) is 0 Å². The predicted molar refractivity (Wildman–Crippen MR) is 128 cm³/mol. The first-order valence-corrected chi connectivity index (χ1v) is 11.0. The highest BCUT2D eigenvalue weighted by atomic mass is 16.2. The van der Waals surface area contributed by atoms with Gasteiger partial charge >= 0.3 is 5.69 Å². The number of rotatable bonds is 5. The number of H-pyrrole nitrogens is 1. The molecule has 0 spiro atoms. The summed E-state index contributed by atoms with van der Waals surface area (Å²) in [5.41, 5.74) is 3.36. The second kappa shape index (κ2) is 8.85. The van der Waals surface area contributed by atoms with Gasteiger partial charge in [-0.1, -0.05) is 54.6 Å². The van der Waals surface area contributed by atoms with E-state index < -0.39 is 0 Å². The summed E-state index contributed by atoms with van der Waals surface area (Å²) in [5.74, 6) is 0. The van der Waals surface area contributed by atoms with Gasteiger partial charge < -0.3 is 9.88 Å². The lowest BCUT2D eigenvalue weighted by Gasteiger charge is -2.36. The predicted octanol–water partition coefficient (Wildman–Crippen LogP) is 3.06. The number of fused-ring (bicyclic) bond motifs is 1. The molecule has 1 aliphatic rings. The molecule has 0 saturated carbocycles. The van der Waals surface area contributed by atoms with E-state index in [0.29, 0.717) is 10.9 Å². The van der Waals surface area contributed by atoms with Crippen molar-refractivity contribution in [1.29, 1.82) is 0 Å². The Bertz CT molecular complexity index is 1340. The zero-order chi connectivity index (χ0) is 21.9. The molecular weight excluding hydrogens is 400 g/mol. The zero-order valence-electron chi connectivity index (χ0n) is 17.9. The smallest absolute Gasteiger partial charge is 0.329 e. The quantitative estimate of drug-likeness (QED) is 0.533. The molecule has 6 nitrogen and oxygen atoms in total. The molecule has 6 heteroatoms. The van der Waals surface area contributed by atoms with Crippen molar-refractivity contribution in [2.24, 2.45) is 0 Å². The Morgan fingerprint density at radius 2 is 1.31 bits per heavy atom. The fourth-order valence-corrected chi connectivity index (χ4v) is 4.42. The van der Waals surface area contributed by atoms with Gasteiger partial charge in [-0.05, 0) is 35.4 Å². The Kier molecular flexibility index (Phi) is 5.60. The van der Waals surface area contributed by atoms with Crippen LogP contribution in [-0.2, 0) is 13.1 Å². The molecule has 0 unspecified atom stereocenters. The summed E-state index contributed by atoms with van der Waals surface area (Å²) >= 11 is 0. The monoisotopic (exact) mass is 426 g/mol. The van der Waals surface area contributed by atoms with E-state index in [-0.39, 0.29) is 17.8 Å². The normalized spacial score (nSPS) is 14.7. The minimum absolute atomic E-state index is 0.254. The molecule has 1 saturated heterocycles. The molecule has 3 aromatic carbocycles. The van der Waals surface area contributed by atoms with E-state index in [9.17, 15) is 9.59 Å². The van der Waals surface area contributed by atoms with Crippen molar-refractivity contribution in [2.45, 2.75) is 13.1 Å². The van der Waals surface area contributed by atoms with E-state index in [2.05, 4.69) is 45.1 Å². The molecule has 0 amide bonds. The van der Waals surface area contributed by atoms with Crippen LogP contribution in [0.25, 0.3) is 10.9 Å². The van der Waals surface area contributed by atoms with Crippen molar-refractivity contribution in [1.82, 2.24) is 14.5 Å². The molecule has 0 aliphatic carbocycles. The van der Waals surface area contributed by atoms with Gasteiger partial charge in [0, 0.05) is 38.4 Å². The molecule has 162 valence electrons. The lowest BCUT2D eigenvalue weighted by molar-refractivity contribution is 0.249. The van der Waals surface area contributed by atoms with Crippen LogP contribution in [-0.4, -0.2) is 40.6 Å². The summed E-state index contributed by atoms with van der Waals surface area (Å²) in [6.45, 7) is 4.98. The van der Waals surface area contributed by atoms with Crippen molar-refractivity contribution in [2.75, 3.05) is 31.1 Å². The second-order valence-electron chi connectivity index (χ2n) is 8.23. The molecule has 0 radical (unpaired) electrons. The minimum Gasteiger partial charge on any atom is -0.369 e. The number of aromatic amines is 1. The highest BCUT2D eigenvalue weighted by Crippen LogP contribution is 2.18. The molecule has 2 heterocycles. The molecule has 4 aromatic rings. The second-order valence-corrected chi connectivity index (χ2v) is 8.23. The van der Waals surface area contributed by atoms with Gasteiger partial charge in [-0.2, -0.15) is 0 Å². The zero-order valence-corrected chi connectivity index (χ0v) is 17.9. The number of anilines is 1. The number of benzene rings is 3. The number of aromatic nitrogens is 2. The summed E-state index contributed by atoms with van der Waals surface area (Å²) in [6.07, 6.45) is 0. The number of nitrogens with zero attached hydrogens (tertiary/aromatic N) is 3. The van der Waals surface area contributed by atoms with E-state index in [0.717, 1.165) is 43.9 Å². The highest BCUT2D eigenvalue weighted by Gasteiger charge is 2.18. The topological polar surface area (TPSA) is 61.3 Å². The molecule has 0 atom stereocenters. The van der Waals surface area contributed by atoms with Gasteiger partial charge in [-0.3, -0.25) is 14.3 Å². The van der Waals surface area contributed by atoms with Gasteiger partial charge in [-0.15, -0.1) is 0 Å². The van der Waals surface area contributed by atoms with Crippen molar-refractivity contribution in [3.05, 3.63) is 111 Å². The van der Waals surface area contributed by atoms with Gasteiger partial charge in [0.25, 0.3) is 5.56 Å². The van der Waals surface area contributed by atoms with Crippen molar-refractivity contribution >= 4 is 16.6 Å². The maximum atomic E-state index is 13.0. The lowest BCUT2D eigenvalue weighted by atomic mass is 10.1. The molecular formula is C26H26N4O2. The van der Waals surface area contributed by atoms with Crippen LogP contribution < -0.4 is 16.1 Å². The van der Waals surface area contributed by atoms with Gasteiger partial charge in [0.2, 0.25) is 0 Å².